The second-order valence-electron chi connectivity index (χ2n) is 2.61. The summed E-state index contributed by atoms with van der Waals surface area (Å²) in [5.74, 6) is 0.813. The minimum Gasteiger partial charge on any atom is -0.297 e. The Kier molecular flexibility index (Phi) is 2.35. The van der Waals surface area contributed by atoms with Crippen LogP contribution in [0.3, 0.4) is 0 Å². The lowest BCUT2D eigenvalue weighted by Gasteiger charge is -1.96. The summed E-state index contributed by atoms with van der Waals surface area (Å²) in [5, 5.41) is 0.903. The predicted molar refractivity (Wildman–Crippen MR) is 54.4 cm³/mol. The maximum absolute atomic E-state index is 10.6. The molecule has 4 nitrogen and oxygen atoms in total. The van der Waals surface area contributed by atoms with E-state index in [0.717, 1.165) is 5.82 Å². The number of rotatable bonds is 2. The van der Waals surface area contributed by atoms with Gasteiger partial charge in [-0.2, -0.15) is 0 Å². The van der Waals surface area contributed by atoms with Crippen LogP contribution in [0.5, 0.6) is 0 Å². The molecule has 0 aliphatic heterocycles. The molecule has 0 saturated heterocycles. The fraction of sp³-hybridized carbons (Fsp3) is 0.125. The van der Waals surface area contributed by atoms with E-state index in [4.69, 9.17) is 11.6 Å². The Morgan fingerprint density at radius 1 is 1.64 bits per heavy atom. The van der Waals surface area contributed by atoms with Crippen molar-refractivity contribution < 1.29 is 4.79 Å². The van der Waals surface area contributed by atoms with Crippen LogP contribution >= 0.6 is 22.9 Å². The van der Waals surface area contributed by atoms with Gasteiger partial charge in [-0.15, -0.1) is 0 Å². The van der Waals surface area contributed by atoms with E-state index in [1.54, 1.807) is 17.0 Å². The van der Waals surface area contributed by atoms with Gasteiger partial charge in [0.1, 0.15) is 10.7 Å². The summed E-state index contributed by atoms with van der Waals surface area (Å²) in [6.07, 6.45) is 4.15. The summed E-state index contributed by atoms with van der Waals surface area (Å²) in [6, 6.07) is 0. The number of aldehydes is 1. The maximum atomic E-state index is 10.6. The van der Waals surface area contributed by atoms with Crippen LogP contribution in [0.4, 0.5) is 0 Å². The highest BCUT2D eigenvalue weighted by Crippen LogP contribution is 2.24. The molecule has 0 N–H and O–H groups in total. The van der Waals surface area contributed by atoms with Crippen LogP contribution in [0.1, 0.15) is 15.5 Å². The molecule has 0 unspecified atom stereocenters. The highest BCUT2D eigenvalue weighted by Gasteiger charge is 2.10. The van der Waals surface area contributed by atoms with Crippen molar-refractivity contribution in [3.8, 4) is 5.13 Å². The fourth-order valence-electron chi connectivity index (χ4n) is 1.06. The smallest absolute Gasteiger partial charge is 0.197 e. The van der Waals surface area contributed by atoms with Gasteiger partial charge in [-0.3, -0.25) is 9.36 Å². The first kappa shape index (κ1) is 9.36. The summed E-state index contributed by atoms with van der Waals surface area (Å²) in [6.45, 7) is 1.86. The van der Waals surface area contributed by atoms with E-state index in [0.29, 0.717) is 16.3 Å². The first-order valence-corrected chi connectivity index (χ1v) is 5.03. The maximum Gasteiger partial charge on any atom is 0.197 e. The van der Waals surface area contributed by atoms with Crippen molar-refractivity contribution in [3.63, 3.8) is 0 Å². The first-order valence-electron chi connectivity index (χ1n) is 3.84. The van der Waals surface area contributed by atoms with Gasteiger partial charge < -0.3 is 0 Å². The Bertz CT molecular complexity index is 477. The number of nitrogens with zero attached hydrogens (tertiary/aromatic N) is 3. The van der Waals surface area contributed by atoms with Crippen LogP contribution in [0.2, 0.25) is 5.15 Å². The Morgan fingerprint density at radius 3 is 2.93 bits per heavy atom. The van der Waals surface area contributed by atoms with E-state index in [-0.39, 0.29) is 5.15 Å². The van der Waals surface area contributed by atoms with Crippen molar-refractivity contribution in [2.75, 3.05) is 0 Å². The Hall–Kier alpha value is -1.20. The van der Waals surface area contributed by atoms with Gasteiger partial charge in [0.15, 0.2) is 16.6 Å². The predicted octanol–water partition coefficient (Wildman–Crippen LogP) is 2.10. The van der Waals surface area contributed by atoms with E-state index >= 15 is 0 Å². The van der Waals surface area contributed by atoms with E-state index < -0.39 is 0 Å². The molecule has 2 aromatic heterocycles. The van der Waals surface area contributed by atoms with Gasteiger partial charge in [-0.1, -0.05) is 22.9 Å². The SMILES string of the molecule is Cc1nccn1-c1nc(Cl)c(C=O)s1. The van der Waals surface area contributed by atoms with E-state index in [1.165, 1.54) is 11.3 Å². The summed E-state index contributed by atoms with van der Waals surface area (Å²) in [4.78, 5) is 19.1. The van der Waals surface area contributed by atoms with Gasteiger partial charge in [-0.05, 0) is 6.92 Å². The van der Waals surface area contributed by atoms with Gasteiger partial charge >= 0.3 is 0 Å². The summed E-state index contributed by atoms with van der Waals surface area (Å²) in [5.41, 5.74) is 0. The molecule has 6 heteroatoms. The Balaban J connectivity index is 2.53. The van der Waals surface area contributed by atoms with Gasteiger partial charge in [-0.25, -0.2) is 9.97 Å². The quantitative estimate of drug-likeness (QED) is 0.739. The fourth-order valence-corrected chi connectivity index (χ4v) is 2.15. The van der Waals surface area contributed by atoms with Crippen molar-refractivity contribution in [1.82, 2.24) is 14.5 Å². The molecule has 0 aromatic carbocycles. The highest BCUT2D eigenvalue weighted by molar-refractivity contribution is 7.16. The molecule has 72 valence electrons. The van der Waals surface area contributed by atoms with Crippen molar-refractivity contribution in [2.45, 2.75) is 6.92 Å². The minimum absolute atomic E-state index is 0.244. The van der Waals surface area contributed by atoms with Crippen molar-refractivity contribution in [1.29, 1.82) is 0 Å². The molecule has 0 aliphatic carbocycles. The molecule has 2 aromatic rings. The van der Waals surface area contributed by atoms with E-state index in [2.05, 4.69) is 9.97 Å². The van der Waals surface area contributed by atoms with E-state index in [9.17, 15) is 4.79 Å². The van der Waals surface area contributed by atoms with Gasteiger partial charge in [0.2, 0.25) is 0 Å². The van der Waals surface area contributed by atoms with Crippen LogP contribution < -0.4 is 0 Å². The normalized spacial score (nSPS) is 10.4. The van der Waals surface area contributed by atoms with Gasteiger partial charge in [0.05, 0.1) is 0 Å². The molecule has 0 spiro atoms. The molecule has 0 radical (unpaired) electrons. The minimum atomic E-state index is 0.244. The zero-order valence-corrected chi connectivity index (χ0v) is 8.84. The number of halogens is 1. The monoisotopic (exact) mass is 227 g/mol. The van der Waals surface area contributed by atoms with Crippen LogP contribution in [-0.4, -0.2) is 20.8 Å². The summed E-state index contributed by atoms with van der Waals surface area (Å²) >= 11 is 6.99. The number of imidazole rings is 1. The molecule has 0 saturated carbocycles. The molecule has 0 aliphatic rings. The molecule has 0 fully saturated rings. The second-order valence-corrected chi connectivity index (χ2v) is 3.98. The standard InChI is InChI=1S/C8H6ClN3OS/c1-5-10-2-3-12(5)8-11-7(9)6(4-13)14-8/h2-4H,1H3. The molecular formula is C8H6ClN3OS. The lowest BCUT2D eigenvalue weighted by molar-refractivity contribution is 0.112. The molecule has 14 heavy (non-hydrogen) atoms. The topological polar surface area (TPSA) is 47.8 Å². The zero-order chi connectivity index (χ0) is 10.1. The Morgan fingerprint density at radius 2 is 2.43 bits per heavy atom. The lowest BCUT2D eigenvalue weighted by Crippen LogP contribution is -1.93. The largest absolute Gasteiger partial charge is 0.297 e. The van der Waals surface area contributed by atoms with E-state index in [1.807, 2.05) is 6.92 Å². The van der Waals surface area contributed by atoms with Gasteiger partial charge in [0, 0.05) is 12.4 Å². The number of carbonyl (C=O) groups excluding carboxylic acids is 1. The average Bonchev–Trinajstić information content (AvgIpc) is 2.71. The molecule has 0 amide bonds. The van der Waals surface area contributed by atoms with Crippen molar-refractivity contribution >= 4 is 29.2 Å². The number of aromatic nitrogens is 3. The number of thiazole rings is 1. The van der Waals surface area contributed by atoms with Gasteiger partial charge in [0.25, 0.3) is 0 Å². The number of aryl methyl sites for hydroxylation is 1. The molecule has 2 heterocycles. The van der Waals surface area contributed by atoms with Crippen LogP contribution in [0.25, 0.3) is 5.13 Å². The number of carbonyl (C=O) groups is 1. The summed E-state index contributed by atoms with van der Waals surface area (Å²) in [7, 11) is 0. The molecular weight excluding hydrogens is 222 g/mol. The number of hydrogen-bond acceptors (Lipinski definition) is 4. The Labute approximate surface area is 89.2 Å². The molecule has 0 atom stereocenters. The molecule has 2 rings (SSSR count). The average molecular weight is 228 g/mol. The third kappa shape index (κ3) is 1.44. The third-order valence-electron chi connectivity index (χ3n) is 1.74. The van der Waals surface area contributed by atoms with Crippen LogP contribution in [-0.2, 0) is 0 Å². The first-order chi connectivity index (χ1) is 6.72. The van der Waals surface area contributed by atoms with Crippen molar-refractivity contribution in [3.05, 3.63) is 28.2 Å². The van der Waals surface area contributed by atoms with Crippen molar-refractivity contribution in [2.24, 2.45) is 0 Å². The zero-order valence-electron chi connectivity index (χ0n) is 7.27. The summed E-state index contributed by atoms with van der Waals surface area (Å²) < 4.78 is 1.78. The second kappa shape index (κ2) is 3.51. The lowest BCUT2D eigenvalue weighted by atomic mass is 10.6. The third-order valence-corrected chi connectivity index (χ3v) is 3.12. The molecule has 0 bridgehead atoms. The number of hydrogen-bond donors (Lipinski definition) is 0. The highest BCUT2D eigenvalue weighted by atomic mass is 35.5. The van der Waals surface area contributed by atoms with Crippen LogP contribution in [0.15, 0.2) is 12.4 Å². The van der Waals surface area contributed by atoms with Crippen LogP contribution in [0, 0.1) is 6.92 Å².